The van der Waals surface area contributed by atoms with Crippen molar-refractivity contribution in [2.75, 3.05) is 20.6 Å². The van der Waals surface area contributed by atoms with Crippen LogP contribution in [0.4, 0.5) is 0 Å². The van der Waals surface area contributed by atoms with E-state index in [2.05, 4.69) is 10.6 Å². The fourth-order valence-electron chi connectivity index (χ4n) is 5.66. The molecule has 3 amide bonds. The highest BCUT2D eigenvalue weighted by molar-refractivity contribution is 5.96. The number of hydrogen-bond donors (Lipinski definition) is 4. The Morgan fingerprint density at radius 2 is 1.62 bits per heavy atom. The average Bonchev–Trinajstić information content (AvgIpc) is 3.30. The number of carboxylic acid groups (broad SMARTS) is 1. The van der Waals surface area contributed by atoms with Crippen molar-refractivity contribution in [2.45, 2.75) is 97.5 Å². The van der Waals surface area contributed by atoms with Crippen LogP contribution in [0.15, 0.2) is 42.0 Å². The number of carbonyl (C=O) groups excluding carboxylic acids is 3. The summed E-state index contributed by atoms with van der Waals surface area (Å²) in [5.74, 6) is -2.37. The van der Waals surface area contributed by atoms with Crippen molar-refractivity contribution in [1.82, 2.24) is 20.4 Å². The first-order valence-corrected chi connectivity index (χ1v) is 14.5. The minimum Gasteiger partial charge on any atom is -0.480 e. The van der Waals surface area contributed by atoms with Crippen molar-refractivity contribution in [3.63, 3.8) is 0 Å². The molecule has 5 atom stereocenters. The van der Waals surface area contributed by atoms with Crippen LogP contribution in [0.2, 0.25) is 0 Å². The molecular formula is C32H50N4O6. The summed E-state index contributed by atoms with van der Waals surface area (Å²) in [6.07, 6.45) is 0.741. The summed E-state index contributed by atoms with van der Waals surface area (Å²) in [6, 6.07) is 6.62. The SMILES string of the molecule is CN[C@H](C(=O)N[C@H](C(=O)N(C)[C@H](/C=C(\C)C(=O)N1C[C@H](O)C[C@H]1C(=O)O)C(C)C)C(C)(C)C)C(C)(C)c1ccccc1. The van der Waals surface area contributed by atoms with Gasteiger partial charge in [0.25, 0.3) is 0 Å². The lowest BCUT2D eigenvalue weighted by atomic mass is 9.76. The summed E-state index contributed by atoms with van der Waals surface area (Å²) in [4.78, 5) is 55.4. The van der Waals surface area contributed by atoms with Crippen molar-refractivity contribution in [2.24, 2.45) is 11.3 Å². The Kier molecular flexibility index (Phi) is 11.5. The normalized spacial score (nSPS) is 20.2. The highest BCUT2D eigenvalue weighted by atomic mass is 16.4. The molecule has 1 aromatic carbocycles. The Morgan fingerprint density at radius 3 is 2.10 bits per heavy atom. The molecule has 234 valence electrons. The number of hydrogen-bond acceptors (Lipinski definition) is 6. The van der Waals surface area contributed by atoms with E-state index in [1.807, 2.05) is 78.8 Å². The third kappa shape index (κ3) is 7.98. The number of carbonyl (C=O) groups is 4. The van der Waals surface area contributed by atoms with Crippen LogP contribution in [-0.4, -0.2) is 94.6 Å². The van der Waals surface area contributed by atoms with Crippen molar-refractivity contribution >= 4 is 23.7 Å². The van der Waals surface area contributed by atoms with Gasteiger partial charge in [-0.1, -0.05) is 84.9 Å². The number of amides is 3. The van der Waals surface area contributed by atoms with Gasteiger partial charge in [-0.05, 0) is 30.9 Å². The minimum atomic E-state index is -1.17. The summed E-state index contributed by atoms with van der Waals surface area (Å²) < 4.78 is 0. The molecule has 1 heterocycles. The lowest BCUT2D eigenvalue weighted by Crippen LogP contribution is -2.61. The molecule has 1 aliphatic rings. The molecule has 10 heteroatoms. The number of likely N-dealkylation sites (N-methyl/N-ethyl adjacent to an activating group) is 2. The minimum absolute atomic E-state index is 0.0258. The standard InChI is InChI=1S/C32H50N4O6/c1-19(2)23(16-20(3)28(39)36-18-22(37)17-24(36)30(41)42)35(10)29(40)26(31(4,5)6)34-27(38)25(33-9)32(7,8)21-14-12-11-13-15-21/h11-16,19,22-26,33,37H,17-18H2,1-10H3,(H,34,38)(H,41,42)/b20-16+/t22-,23-,24+,25-,26-/m1/s1. The second kappa shape index (κ2) is 13.8. The van der Waals surface area contributed by atoms with Gasteiger partial charge in [-0.15, -0.1) is 0 Å². The number of nitrogens with zero attached hydrogens (tertiary/aromatic N) is 2. The number of benzene rings is 1. The van der Waals surface area contributed by atoms with E-state index in [9.17, 15) is 29.4 Å². The third-order valence-corrected chi connectivity index (χ3v) is 8.25. The smallest absolute Gasteiger partial charge is 0.326 e. The Morgan fingerprint density at radius 1 is 1.05 bits per heavy atom. The van der Waals surface area contributed by atoms with Crippen LogP contribution in [0.3, 0.4) is 0 Å². The number of aliphatic hydroxyl groups is 1. The molecule has 0 radical (unpaired) electrons. The van der Waals surface area contributed by atoms with E-state index in [0.29, 0.717) is 0 Å². The van der Waals surface area contributed by atoms with Gasteiger partial charge in [-0.2, -0.15) is 0 Å². The van der Waals surface area contributed by atoms with Gasteiger partial charge in [0, 0.05) is 31.0 Å². The largest absolute Gasteiger partial charge is 0.480 e. The van der Waals surface area contributed by atoms with Gasteiger partial charge in [0.05, 0.1) is 18.2 Å². The molecule has 0 spiro atoms. The van der Waals surface area contributed by atoms with Gasteiger partial charge >= 0.3 is 5.97 Å². The van der Waals surface area contributed by atoms with E-state index in [1.54, 1.807) is 32.0 Å². The first-order valence-electron chi connectivity index (χ1n) is 14.5. The number of carboxylic acids is 1. The average molecular weight is 587 g/mol. The highest BCUT2D eigenvalue weighted by Crippen LogP contribution is 2.29. The van der Waals surface area contributed by atoms with Gasteiger partial charge in [0.1, 0.15) is 12.1 Å². The quantitative estimate of drug-likeness (QED) is 0.292. The monoisotopic (exact) mass is 586 g/mol. The molecular weight excluding hydrogens is 536 g/mol. The summed E-state index contributed by atoms with van der Waals surface area (Å²) in [6.45, 7) is 15.0. The molecule has 1 saturated heterocycles. The molecule has 1 aromatic rings. The van der Waals surface area contributed by atoms with Crippen molar-refractivity contribution in [3.05, 3.63) is 47.5 Å². The molecule has 1 aliphatic heterocycles. The van der Waals surface area contributed by atoms with E-state index in [4.69, 9.17) is 0 Å². The predicted octanol–water partition coefficient (Wildman–Crippen LogP) is 2.56. The van der Waals surface area contributed by atoms with Crippen molar-refractivity contribution < 1.29 is 29.4 Å². The summed E-state index contributed by atoms with van der Waals surface area (Å²) in [5.41, 5.74) is 0.0582. The maximum Gasteiger partial charge on any atom is 0.326 e. The number of aliphatic hydroxyl groups excluding tert-OH is 1. The summed E-state index contributed by atoms with van der Waals surface area (Å²) in [7, 11) is 3.37. The zero-order valence-corrected chi connectivity index (χ0v) is 26.8. The van der Waals surface area contributed by atoms with Gasteiger partial charge in [0.15, 0.2) is 0 Å². The summed E-state index contributed by atoms with van der Waals surface area (Å²) in [5, 5.41) is 25.7. The molecule has 4 N–H and O–H groups in total. The fraction of sp³-hybridized carbons (Fsp3) is 0.625. The Bertz CT molecular complexity index is 1160. The molecule has 42 heavy (non-hydrogen) atoms. The maximum absolute atomic E-state index is 14.0. The topological polar surface area (TPSA) is 139 Å². The van der Waals surface area contributed by atoms with Gasteiger partial charge in [-0.3, -0.25) is 14.4 Å². The third-order valence-electron chi connectivity index (χ3n) is 8.25. The Labute approximate surface area is 250 Å². The first kappa shape index (κ1) is 35.0. The van der Waals surface area contributed by atoms with Gasteiger partial charge in [0.2, 0.25) is 17.7 Å². The zero-order chi connectivity index (χ0) is 32.2. The molecule has 1 fully saturated rings. The van der Waals surface area contributed by atoms with Crippen LogP contribution in [0.1, 0.15) is 67.4 Å². The molecule has 0 saturated carbocycles. The van der Waals surface area contributed by atoms with Crippen LogP contribution in [0.25, 0.3) is 0 Å². The molecule has 10 nitrogen and oxygen atoms in total. The van der Waals surface area contributed by atoms with Gasteiger partial charge in [-0.25, -0.2) is 4.79 Å². The lowest BCUT2D eigenvalue weighted by molar-refractivity contribution is -0.146. The number of rotatable bonds is 11. The van der Waals surface area contributed by atoms with E-state index >= 15 is 0 Å². The predicted molar refractivity (Wildman–Crippen MR) is 163 cm³/mol. The van der Waals surface area contributed by atoms with Crippen LogP contribution in [0.5, 0.6) is 0 Å². The van der Waals surface area contributed by atoms with E-state index in [-0.39, 0.29) is 36.3 Å². The highest BCUT2D eigenvalue weighted by Gasteiger charge is 2.42. The molecule has 0 bridgehead atoms. The molecule has 0 aliphatic carbocycles. The maximum atomic E-state index is 14.0. The van der Waals surface area contributed by atoms with Crippen LogP contribution in [0, 0.1) is 11.3 Å². The number of aliphatic carboxylic acids is 1. The Hall–Kier alpha value is -3.24. The van der Waals surface area contributed by atoms with Gasteiger partial charge < -0.3 is 30.6 Å². The van der Waals surface area contributed by atoms with Crippen molar-refractivity contribution in [1.29, 1.82) is 0 Å². The lowest BCUT2D eigenvalue weighted by Gasteiger charge is -2.40. The van der Waals surface area contributed by atoms with Crippen LogP contribution < -0.4 is 10.6 Å². The van der Waals surface area contributed by atoms with Crippen molar-refractivity contribution in [3.8, 4) is 0 Å². The van der Waals surface area contributed by atoms with Crippen LogP contribution >= 0.6 is 0 Å². The van der Waals surface area contributed by atoms with E-state index < -0.39 is 53.0 Å². The summed E-state index contributed by atoms with van der Waals surface area (Å²) >= 11 is 0. The number of likely N-dealkylation sites (tertiary alicyclic amines) is 1. The van der Waals surface area contributed by atoms with Crippen LogP contribution in [-0.2, 0) is 24.6 Å². The second-order valence-electron chi connectivity index (χ2n) is 13.4. The molecule has 0 aromatic heterocycles. The number of β-amino-alcohol motifs (C(OH)–C–C–N with tert-alkyl or cyclic N) is 1. The molecule has 0 unspecified atom stereocenters. The van der Waals surface area contributed by atoms with E-state index in [0.717, 1.165) is 5.56 Å². The second-order valence-corrected chi connectivity index (χ2v) is 13.4. The first-order chi connectivity index (χ1) is 19.3. The van der Waals surface area contributed by atoms with E-state index in [1.165, 1.54) is 4.90 Å². The number of nitrogens with one attached hydrogen (secondary N) is 2. The fourth-order valence-corrected chi connectivity index (χ4v) is 5.66. The Balaban J connectivity index is 2.35. The molecule has 2 rings (SSSR count). The zero-order valence-electron chi connectivity index (χ0n) is 26.8.